The van der Waals surface area contributed by atoms with E-state index in [0.717, 1.165) is 15.1 Å². The average molecular weight is 399 g/mol. The number of rotatable bonds is 3. The first-order chi connectivity index (χ1) is 12.6. The van der Waals surface area contributed by atoms with Gasteiger partial charge in [0.15, 0.2) is 5.75 Å². The third-order valence-electron chi connectivity index (χ3n) is 4.66. The third kappa shape index (κ3) is 3.36. The van der Waals surface area contributed by atoms with Crippen LogP contribution in [0.3, 0.4) is 0 Å². The van der Waals surface area contributed by atoms with E-state index in [4.69, 9.17) is 0 Å². The van der Waals surface area contributed by atoms with Crippen molar-refractivity contribution in [3.05, 3.63) is 30.0 Å². The molecule has 4 rings (SSSR count). The second-order valence-electron chi connectivity index (χ2n) is 6.63. The number of hydrogen-bond donors (Lipinski definition) is 1. The van der Waals surface area contributed by atoms with Gasteiger partial charge in [-0.2, -0.15) is 13.2 Å². The number of alkyl halides is 3. The molecule has 1 atom stereocenters. The van der Waals surface area contributed by atoms with Crippen LogP contribution in [0.15, 0.2) is 18.5 Å². The van der Waals surface area contributed by atoms with Crippen LogP contribution in [0, 0.1) is 6.92 Å². The second-order valence-corrected chi connectivity index (χ2v) is 8.60. The fourth-order valence-corrected chi connectivity index (χ4v) is 4.97. The predicted molar refractivity (Wildman–Crippen MR) is 92.7 cm³/mol. The molecule has 0 saturated carbocycles. The molecule has 0 aromatic carbocycles. The molecule has 0 aliphatic carbocycles. The summed E-state index contributed by atoms with van der Waals surface area (Å²) < 4.78 is 62.8. The molecular formula is C16H16F3N5O2S. The Hall–Kier alpha value is -2.27. The summed E-state index contributed by atoms with van der Waals surface area (Å²) in [4.78, 5) is 16.2. The summed E-state index contributed by atoms with van der Waals surface area (Å²) in [7, 11) is -4.41. The van der Waals surface area contributed by atoms with Crippen LogP contribution in [0.4, 0.5) is 13.2 Å². The maximum absolute atomic E-state index is 12.6. The van der Waals surface area contributed by atoms with E-state index in [2.05, 4.69) is 19.9 Å². The monoisotopic (exact) mass is 399 g/mol. The second kappa shape index (κ2) is 6.13. The Labute approximate surface area is 152 Å². The molecule has 3 aromatic rings. The maximum Gasteiger partial charge on any atom is 0.404 e. The van der Waals surface area contributed by atoms with Crippen LogP contribution in [0.25, 0.3) is 21.9 Å². The van der Waals surface area contributed by atoms with E-state index < -0.39 is 22.0 Å². The Morgan fingerprint density at radius 1 is 1.33 bits per heavy atom. The van der Waals surface area contributed by atoms with Crippen LogP contribution < -0.4 is 0 Å². The van der Waals surface area contributed by atoms with Crippen molar-refractivity contribution in [1.82, 2.24) is 24.2 Å². The molecule has 0 bridgehead atoms. The first-order valence-electron chi connectivity index (χ1n) is 8.29. The van der Waals surface area contributed by atoms with Gasteiger partial charge in [-0.15, -0.1) is 0 Å². The predicted octanol–water partition coefficient (Wildman–Crippen LogP) is 2.50. The average Bonchev–Trinajstić information content (AvgIpc) is 3.21. The van der Waals surface area contributed by atoms with Gasteiger partial charge >= 0.3 is 6.18 Å². The topological polar surface area (TPSA) is 91.8 Å². The standard InChI is InChI=1S/C16H16F3N5O2S/c1-9-22-12-6-21-15-11(2-4-20-15)13(12)14(23-9)10-3-5-24(7-10)27(25,26)8-16(17,18)19/h2,4,6,10H,3,5,7-8H2,1H3,(H,20,21). The number of nitrogens with zero attached hydrogens (tertiary/aromatic N) is 4. The summed E-state index contributed by atoms with van der Waals surface area (Å²) in [6, 6.07) is 1.83. The van der Waals surface area contributed by atoms with E-state index in [1.807, 2.05) is 6.07 Å². The molecule has 1 aliphatic heterocycles. The minimum atomic E-state index is -4.77. The molecule has 1 saturated heterocycles. The first-order valence-corrected chi connectivity index (χ1v) is 9.90. The Morgan fingerprint density at radius 3 is 2.85 bits per heavy atom. The lowest BCUT2D eigenvalue weighted by Gasteiger charge is -2.18. The zero-order chi connectivity index (χ0) is 19.4. The molecule has 1 N–H and O–H groups in total. The lowest BCUT2D eigenvalue weighted by molar-refractivity contribution is -0.106. The number of fused-ring (bicyclic) bond motifs is 3. The smallest absolute Gasteiger partial charge is 0.346 e. The van der Waals surface area contributed by atoms with E-state index in [1.165, 1.54) is 0 Å². The SMILES string of the molecule is Cc1nc(C2CCN(S(=O)(=O)CC(F)(F)F)C2)c2c(cnc3[nH]ccc32)n1. The van der Waals surface area contributed by atoms with Gasteiger partial charge in [0.25, 0.3) is 0 Å². The van der Waals surface area contributed by atoms with Gasteiger partial charge in [-0.05, 0) is 19.4 Å². The number of aromatic amines is 1. The summed E-state index contributed by atoms with van der Waals surface area (Å²) in [6.07, 6.45) is -1.02. The van der Waals surface area contributed by atoms with Crippen molar-refractivity contribution >= 4 is 32.0 Å². The van der Waals surface area contributed by atoms with Gasteiger partial charge in [0.2, 0.25) is 10.0 Å². The van der Waals surface area contributed by atoms with Crippen molar-refractivity contribution in [3.63, 3.8) is 0 Å². The first kappa shape index (κ1) is 18.1. The summed E-state index contributed by atoms with van der Waals surface area (Å²) >= 11 is 0. The van der Waals surface area contributed by atoms with Gasteiger partial charge in [0, 0.05) is 36.0 Å². The van der Waals surface area contributed by atoms with Gasteiger partial charge in [0.1, 0.15) is 11.5 Å². The molecule has 4 heterocycles. The minimum Gasteiger partial charge on any atom is -0.346 e. The Balaban J connectivity index is 1.75. The molecule has 0 spiro atoms. The molecule has 7 nitrogen and oxygen atoms in total. The molecule has 144 valence electrons. The van der Waals surface area contributed by atoms with E-state index in [0.29, 0.717) is 29.1 Å². The molecule has 27 heavy (non-hydrogen) atoms. The molecule has 0 amide bonds. The van der Waals surface area contributed by atoms with Crippen LogP contribution in [0.2, 0.25) is 0 Å². The van der Waals surface area contributed by atoms with Gasteiger partial charge in [-0.3, -0.25) is 0 Å². The number of halogens is 3. The lowest BCUT2D eigenvalue weighted by atomic mass is 9.99. The molecule has 1 fully saturated rings. The van der Waals surface area contributed by atoms with Crippen LogP contribution >= 0.6 is 0 Å². The van der Waals surface area contributed by atoms with Crippen LogP contribution in [0.5, 0.6) is 0 Å². The number of pyridine rings is 1. The third-order valence-corrected chi connectivity index (χ3v) is 6.47. The largest absolute Gasteiger partial charge is 0.404 e. The molecule has 11 heteroatoms. The van der Waals surface area contributed by atoms with Crippen molar-refractivity contribution in [2.45, 2.75) is 25.4 Å². The number of sulfonamides is 1. The van der Waals surface area contributed by atoms with Crippen LogP contribution in [-0.4, -0.2) is 57.7 Å². The molecule has 0 radical (unpaired) electrons. The zero-order valence-electron chi connectivity index (χ0n) is 14.3. The number of H-pyrrole nitrogens is 1. The summed E-state index contributed by atoms with van der Waals surface area (Å²) in [5.41, 5.74) is 1.92. The van der Waals surface area contributed by atoms with Gasteiger partial charge in [0.05, 0.1) is 17.4 Å². The van der Waals surface area contributed by atoms with Crippen molar-refractivity contribution in [2.75, 3.05) is 18.8 Å². The fraction of sp³-hybridized carbons (Fsp3) is 0.438. The number of nitrogens with one attached hydrogen (secondary N) is 1. The van der Waals surface area contributed by atoms with E-state index >= 15 is 0 Å². The normalized spacial score (nSPS) is 19.3. The zero-order valence-corrected chi connectivity index (χ0v) is 15.1. The van der Waals surface area contributed by atoms with Crippen molar-refractivity contribution in [2.24, 2.45) is 0 Å². The van der Waals surface area contributed by atoms with Crippen molar-refractivity contribution in [1.29, 1.82) is 0 Å². The summed E-state index contributed by atoms with van der Waals surface area (Å²) in [6.45, 7) is 1.73. The van der Waals surface area contributed by atoms with E-state index in [-0.39, 0.29) is 19.0 Å². The number of hydrogen-bond acceptors (Lipinski definition) is 5. The molecular weight excluding hydrogens is 383 g/mol. The summed E-state index contributed by atoms with van der Waals surface area (Å²) in [5.74, 6) is -1.65. The number of aryl methyl sites for hydroxylation is 1. The fourth-order valence-electron chi connectivity index (χ4n) is 3.58. The van der Waals surface area contributed by atoms with Crippen LogP contribution in [-0.2, 0) is 10.0 Å². The number of aromatic nitrogens is 4. The van der Waals surface area contributed by atoms with Crippen molar-refractivity contribution < 1.29 is 21.6 Å². The maximum atomic E-state index is 12.6. The van der Waals surface area contributed by atoms with Crippen molar-refractivity contribution in [3.8, 4) is 0 Å². The highest BCUT2D eigenvalue weighted by atomic mass is 32.2. The lowest BCUT2D eigenvalue weighted by Crippen LogP contribution is -2.36. The van der Waals surface area contributed by atoms with Gasteiger partial charge < -0.3 is 4.98 Å². The van der Waals surface area contributed by atoms with E-state index in [1.54, 1.807) is 19.3 Å². The minimum absolute atomic E-state index is 0.0296. The van der Waals surface area contributed by atoms with Gasteiger partial charge in [-0.1, -0.05) is 0 Å². The highest BCUT2D eigenvalue weighted by Crippen LogP contribution is 2.35. The highest BCUT2D eigenvalue weighted by molar-refractivity contribution is 7.89. The van der Waals surface area contributed by atoms with Gasteiger partial charge in [-0.25, -0.2) is 27.7 Å². The van der Waals surface area contributed by atoms with Crippen LogP contribution in [0.1, 0.15) is 23.9 Å². The van der Waals surface area contributed by atoms with E-state index in [9.17, 15) is 21.6 Å². The molecule has 3 aromatic heterocycles. The Morgan fingerprint density at radius 2 is 2.11 bits per heavy atom. The molecule has 1 aliphatic rings. The Kier molecular flexibility index (Phi) is 4.11. The Bertz CT molecular complexity index is 1130. The summed E-state index contributed by atoms with van der Waals surface area (Å²) in [5, 5.41) is 1.56. The quantitative estimate of drug-likeness (QED) is 0.731. The molecule has 1 unspecified atom stereocenters. The highest BCUT2D eigenvalue weighted by Gasteiger charge is 2.41.